The lowest BCUT2D eigenvalue weighted by atomic mass is 9.92. The first-order valence-corrected chi connectivity index (χ1v) is 9.33. The average Bonchev–Trinajstić information content (AvgIpc) is 2.75. The minimum absolute atomic E-state index is 0. The Bertz CT molecular complexity index is 354. The summed E-state index contributed by atoms with van der Waals surface area (Å²) in [5, 5.41) is 0. The van der Waals surface area contributed by atoms with Crippen LogP contribution >= 0.6 is 12.4 Å². The molecule has 1 amide bonds. The Morgan fingerprint density at radius 3 is 2.39 bits per heavy atom. The fourth-order valence-corrected chi connectivity index (χ4v) is 4.07. The van der Waals surface area contributed by atoms with Crippen molar-refractivity contribution in [2.75, 3.05) is 32.7 Å². The molecular weight excluding hydrogens is 310 g/mol. The summed E-state index contributed by atoms with van der Waals surface area (Å²) in [7, 11) is 0. The van der Waals surface area contributed by atoms with Gasteiger partial charge in [-0.3, -0.25) is 4.79 Å². The van der Waals surface area contributed by atoms with Crippen molar-refractivity contribution in [1.82, 2.24) is 9.80 Å². The van der Waals surface area contributed by atoms with E-state index in [0.29, 0.717) is 5.92 Å². The van der Waals surface area contributed by atoms with Crippen molar-refractivity contribution in [2.45, 2.75) is 70.8 Å². The number of amides is 1. The van der Waals surface area contributed by atoms with E-state index in [1.165, 1.54) is 51.7 Å². The Morgan fingerprint density at radius 1 is 1.13 bits per heavy atom. The van der Waals surface area contributed by atoms with E-state index in [0.717, 1.165) is 32.4 Å². The van der Waals surface area contributed by atoms with Crippen molar-refractivity contribution in [3.8, 4) is 0 Å². The maximum Gasteiger partial charge on any atom is 0.242 e. The fraction of sp³-hybridized carbons (Fsp3) is 0.944. The predicted octanol–water partition coefficient (Wildman–Crippen LogP) is 3.04. The van der Waals surface area contributed by atoms with Gasteiger partial charge in [0.15, 0.2) is 0 Å². The summed E-state index contributed by atoms with van der Waals surface area (Å²) in [6, 6.07) is 0. The highest BCUT2D eigenvalue weighted by molar-refractivity contribution is 5.86. The molecule has 0 aromatic carbocycles. The van der Waals surface area contributed by atoms with Crippen molar-refractivity contribution < 1.29 is 4.79 Å². The number of carbonyl (C=O) groups excluding carboxylic acids is 1. The van der Waals surface area contributed by atoms with Gasteiger partial charge in [-0.15, -0.1) is 12.4 Å². The molecule has 2 saturated heterocycles. The number of halogens is 1. The molecule has 2 atom stereocenters. The molecule has 2 unspecified atom stereocenters. The molecule has 0 aromatic heterocycles. The lowest BCUT2D eigenvalue weighted by molar-refractivity contribution is -0.138. The second-order valence-electron chi connectivity index (χ2n) is 7.64. The number of hydrogen-bond acceptors (Lipinski definition) is 3. The molecule has 2 aliphatic rings. The normalized spacial score (nSPS) is 26.0. The van der Waals surface area contributed by atoms with E-state index in [2.05, 4.69) is 11.8 Å². The molecule has 136 valence electrons. The zero-order chi connectivity index (χ0) is 16.0. The molecule has 23 heavy (non-hydrogen) atoms. The van der Waals surface area contributed by atoms with Gasteiger partial charge in [-0.05, 0) is 58.0 Å². The van der Waals surface area contributed by atoms with E-state index in [-0.39, 0.29) is 18.3 Å². The van der Waals surface area contributed by atoms with Crippen LogP contribution in [0.1, 0.15) is 65.2 Å². The third-order valence-corrected chi connectivity index (χ3v) is 5.28. The lowest BCUT2D eigenvalue weighted by Gasteiger charge is -2.39. The second-order valence-corrected chi connectivity index (χ2v) is 7.64. The first kappa shape index (κ1) is 20.7. The van der Waals surface area contributed by atoms with Gasteiger partial charge in [-0.1, -0.05) is 26.2 Å². The molecule has 4 nitrogen and oxygen atoms in total. The largest absolute Gasteiger partial charge is 0.341 e. The minimum Gasteiger partial charge on any atom is -0.341 e. The molecule has 0 saturated carbocycles. The van der Waals surface area contributed by atoms with E-state index >= 15 is 0 Å². The number of carbonyl (C=O) groups is 1. The zero-order valence-electron chi connectivity index (χ0n) is 15.1. The highest BCUT2D eigenvalue weighted by Crippen LogP contribution is 2.22. The van der Waals surface area contributed by atoms with Gasteiger partial charge in [0.05, 0.1) is 5.54 Å². The Hall–Kier alpha value is -0.320. The zero-order valence-corrected chi connectivity index (χ0v) is 15.9. The number of nitrogens with two attached hydrogens (primary N) is 1. The summed E-state index contributed by atoms with van der Waals surface area (Å²) in [4.78, 5) is 17.4. The van der Waals surface area contributed by atoms with Crippen molar-refractivity contribution in [3.63, 3.8) is 0 Å². The third kappa shape index (κ3) is 6.24. The van der Waals surface area contributed by atoms with Crippen LogP contribution in [-0.2, 0) is 4.79 Å². The maximum absolute atomic E-state index is 12.7. The van der Waals surface area contributed by atoms with Crippen LogP contribution in [0, 0.1) is 5.92 Å². The van der Waals surface area contributed by atoms with Gasteiger partial charge in [0.1, 0.15) is 0 Å². The van der Waals surface area contributed by atoms with Crippen molar-refractivity contribution in [2.24, 2.45) is 11.7 Å². The fourth-order valence-electron chi connectivity index (χ4n) is 4.07. The highest BCUT2D eigenvalue weighted by atomic mass is 35.5. The van der Waals surface area contributed by atoms with Gasteiger partial charge in [0.2, 0.25) is 5.91 Å². The van der Waals surface area contributed by atoms with Crippen LogP contribution in [0.25, 0.3) is 0 Å². The van der Waals surface area contributed by atoms with Crippen LogP contribution in [-0.4, -0.2) is 54.0 Å². The van der Waals surface area contributed by atoms with Crippen molar-refractivity contribution in [1.29, 1.82) is 0 Å². The summed E-state index contributed by atoms with van der Waals surface area (Å²) < 4.78 is 0. The molecule has 2 fully saturated rings. The van der Waals surface area contributed by atoms with Gasteiger partial charge in [0, 0.05) is 19.6 Å². The van der Waals surface area contributed by atoms with E-state index < -0.39 is 5.54 Å². The standard InChI is InChI=1S/C18H35N3O.ClH/c1-3-10-18(2,19)17(22)21-13-8-9-16(15-21)14-20-11-6-4-5-7-12-20;/h16H,3-15,19H2,1-2H3;1H. The summed E-state index contributed by atoms with van der Waals surface area (Å²) in [6.07, 6.45) is 9.58. The Labute approximate surface area is 148 Å². The lowest BCUT2D eigenvalue weighted by Crippen LogP contribution is -2.56. The molecule has 5 heteroatoms. The molecule has 0 spiro atoms. The van der Waals surface area contributed by atoms with Crippen LogP contribution < -0.4 is 5.73 Å². The van der Waals surface area contributed by atoms with Gasteiger partial charge < -0.3 is 15.5 Å². The Morgan fingerprint density at radius 2 is 1.78 bits per heavy atom. The van der Waals surface area contributed by atoms with Gasteiger partial charge in [-0.25, -0.2) is 0 Å². The Balaban J connectivity index is 0.00000264. The SMILES string of the molecule is CCCC(C)(N)C(=O)N1CCCC(CN2CCCCCC2)C1.Cl. The molecule has 2 N–H and O–H groups in total. The van der Waals surface area contributed by atoms with E-state index in [9.17, 15) is 4.79 Å². The van der Waals surface area contributed by atoms with Crippen LogP contribution in [0.4, 0.5) is 0 Å². The van der Waals surface area contributed by atoms with Crippen LogP contribution in [0.5, 0.6) is 0 Å². The number of hydrogen-bond donors (Lipinski definition) is 1. The maximum atomic E-state index is 12.7. The van der Waals surface area contributed by atoms with E-state index in [4.69, 9.17) is 5.73 Å². The highest BCUT2D eigenvalue weighted by Gasteiger charge is 2.34. The summed E-state index contributed by atoms with van der Waals surface area (Å²) in [5.74, 6) is 0.795. The van der Waals surface area contributed by atoms with Crippen LogP contribution in [0.15, 0.2) is 0 Å². The third-order valence-electron chi connectivity index (χ3n) is 5.28. The molecule has 0 bridgehead atoms. The quantitative estimate of drug-likeness (QED) is 0.833. The number of piperidine rings is 1. The van der Waals surface area contributed by atoms with Crippen LogP contribution in [0.2, 0.25) is 0 Å². The molecule has 2 rings (SSSR count). The summed E-state index contributed by atoms with van der Waals surface area (Å²) in [5.41, 5.74) is 5.57. The second kappa shape index (κ2) is 9.85. The molecular formula is C18H36ClN3O. The van der Waals surface area contributed by atoms with Crippen LogP contribution in [0.3, 0.4) is 0 Å². The summed E-state index contributed by atoms with van der Waals surface area (Å²) in [6.45, 7) is 9.45. The smallest absolute Gasteiger partial charge is 0.242 e. The minimum atomic E-state index is -0.681. The molecule has 0 radical (unpaired) electrons. The van der Waals surface area contributed by atoms with Gasteiger partial charge in [-0.2, -0.15) is 0 Å². The molecule has 0 aromatic rings. The number of nitrogens with zero attached hydrogens (tertiary/aromatic N) is 2. The number of likely N-dealkylation sites (tertiary alicyclic amines) is 2. The summed E-state index contributed by atoms with van der Waals surface area (Å²) >= 11 is 0. The first-order chi connectivity index (χ1) is 10.5. The van der Waals surface area contributed by atoms with Crippen molar-refractivity contribution in [3.05, 3.63) is 0 Å². The first-order valence-electron chi connectivity index (χ1n) is 9.33. The van der Waals surface area contributed by atoms with Gasteiger partial charge >= 0.3 is 0 Å². The van der Waals surface area contributed by atoms with Crippen molar-refractivity contribution >= 4 is 18.3 Å². The monoisotopic (exact) mass is 345 g/mol. The molecule has 0 aliphatic carbocycles. The molecule has 2 aliphatic heterocycles. The molecule has 2 heterocycles. The van der Waals surface area contributed by atoms with Gasteiger partial charge in [0.25, 0.3) is 0 Å². The predicted molar refractivity (Wildman–Crippen MR) is 99.0 cm³/mol. The average molecular weight is 346 g/mol. The topological polar surface area (TPSA) is 49.6 Å². The van der Waals surface area contributed by atoms with E-state index in [1.807, 2.05) is 11.8 Å². The number of rotatable bonds is 5. The Kier molecular flexibility index (Phi) is 8.88. The van der Waals surface area contributed by atoms with E-state index in [1.54, 1.807) is 0 Å².